The Kier molecular flexibility index (Phi) is 7.32. The van der Waals surface area contributed by atoms with E-state index in [1.807, 2.05) is 0 Å². The monoisotopic (exact) mass is 280 g/mol. The molecule has 0 bridgehead atoms. The van der Waals surface area contributed by atoms with Crippen molar-refractivity contribution in [2.75, 3.05) is 13.1 Å². The zero-order valence-electron chi connectivity index (χ0n) is 11.7. The Balaban J connectivity index is 2.23. The number of hydrogen-bond acceptors (Lipinski definition) is 2. The second-order valence-corrected chi connectivity index (χ2v) is 4.60. The fourth-order valence-corrected chi connectivity index (χ4v) is 1.72. The number of carbonyl (C=O) groups excluding carboxylic acids is 2. The van der Waals surface area contributed by atoms with Crippen LogP contribution in [0.3, 0.4) is 0 Å². The van der Waals surface area contributed by atoms with Crippen molar-refractivity contribution in [1.29, 1.82) is 0 Å². The number of unbranched alkanes of at least 4 members (excludes halogenated alkanes) is 2. The molecule has 2 N–H and O–H groups in total. The highest BCUT2D eigenvalue weighted by molar-refractivity contribution is 5.85. The Hall–Kier alpha value is -1.91. The first-order valence-electron chi connectivity index (χ1n) is 6.90. The summed E-state index contributed by atoms with van der Waals surface area (Å²) in [6.07, 6.45) is 3.04. The lowest BCUT2D eigenvalue weighted by Gasteiger charge is -2.07. The van der Waals surface area contributed by atoms with E-state index in [0.717, 1.165) is 19.3 Å². The van der Waals surface area contributed by atoms with Gasteiger partial charge < -0.3 is 10.6 Å². The molecule has 110 valence electrons. The average molecular weight is 280 g/mol. The quantitative estimate of drug-likeness (QED) is 0.713. The molecule has 0 unspecified atom stereocenters. The maximum Gasteiger partial charge on any atom is 0.239 e. The highest BCUT2D eigenvalue weighted by atomic mass is 19.1. The maximum atomic E-state index is 13.3. The van der Waals surface area contributed by atoms with Crippen LogP contribution >= 0.6 is 0 Å². The van der Waals surface area contributed by atoms with Crippen molar-refractivity contribution in [3.8, 4) is 0 Å². The van der Waals surface area contributed by atoms with Crippen LogP contribution in [0.5, 0.6) is 0 Å². The van der Waals surface area contributed by atoms with Gasteiger partial charge >= 0.3 is 0 Å². The van der Waals surface area contributed by atoms with Crippen LogP contribution < -0.4 is 10.6 Å². The lowest BCUT2D eigenvalue weighted by molar-refractivity contribution is -0.125. The van der Waals surface area contributed by atoms with Crippen LogP contribution in [0.1, 0.15) is 31.7 Å². The van der Waals surface area contributed by atoms with Gasteiger partial charge in [-0.15, -0.1) is 0 Å². The largest absolute Gasteiger partial charge is 0.355 e. The Bertz CT molecular complexity index is 449. The van der Waals surface area contributed by atoms with Crippen LogP contribution in [0.15, 0.2) is 24.3 Å². The molecular weight excluding hydrogens is 259 g/mol. The van der Waals surface area contributed by atoms with Crippen molar-refractivity contribution in [3.05, 3.63) is 35.6 Å². The highest BCUT2D eigenvalue weighted by Gasteiger charge is 2.08. The molecule has 0 spiro atoms. The molecule has 0 radical (unpaired) electrons. The van der Waals surface area contributed by atoms with E-state index in [0.29, 0.717) is 12.1 Å². The first kappa shape index (κ1) is 16.1. The van der Waals surface area contributed by atoms with Gasteiger partial charge in [0, 0.05) is 6.54 Å². The first-order chi connectivity index (χ1) is 9.63. The summed E-state index contributed by atoms with van der Waals surface area (Å²) in [5.41, 5.74) is 0.327. The number of amides is 2. The minimum Gasteiger partial charge on any atom is -0.355 e. The normalized spacial score (nSPS) is 10.1. The van der Waals surface area contributed by atoms with Gasteiger partial charge in [-0.05, 0) is 18.1 Å². The van der Waals surface area contributed by atoms with Crippen molar-refractivity contribution >= 4 is 11.8 Å². The summed E-state index contributed by atoms with van der Waals surface area (Å²) in [5, 5.41) is 5.20. The summed E-state index contributed by atoms with van der Waals surface area (Å²) in [7, 11) is 0. The van der Waals surface area contributed by atoms with Gasteiger partial charge in [-0.1, -0.05) is 38.0 Å². The first-order valence-corrected chi connectivity index (χ1v) is 6.90. The zero-order chi connectivity index (χ0) is 14.8. The Morgan fingerprint density at radius 1 is 1.10 bits per heavy atom. The van der Waals surface area contributed by atoms with Gasteiger partial charge in [0.2, 0.25) is 11.8 Å². The van der Waals surface area contributed by atoms with Gasteiger partial charge in [0.1, 0.15) is 5.82 Å². The second-order valence-electron chi connectivity index (χ2n) is 4.60. The van der Waals surface area contributed by atoms with E-state index >= 15 is 0 Å². The number of nitrogens with one attached hydrogen (secondary N) is 2. The lowest BCUT2D eigenvalue weighted by atomic mass is 10.1. The van der Waals surface area contributed by atoms with E-state index in [1.54, 1.807) is 18.2 Å². The molecule has 1 aromatic rings. The topological polar surface area (TPSA) is 58.2 Å². The summed E-state index contributed by atoms with van der Waals surface area (Å²) >= 11 is 0. The summed E-state index contributed by atoms with van der Waals surface area (Å²) in [5.74, 6) is -0.992. The molecule has 0 aliphatic heterocycles. The van der Waals surface area contributed by atoms with Crippen molar-refractivity contribution < 1.29 is 14.0 Å². The second kappa shape index (κ2) is 9.07. The molecule has 1 rings (SSSR count). The molecule has 2 amide bonds. The van der Waals surface area contributed by atoms with Crippen LogP contribution in [0.4, 0.5) is 4.39 Å². The van der Waals surface area contributed by atoms with E-state index in [1.165, 1.54) is 6.07 Å². The molecule has 0 saturated heterocycles. The standard InChI is InChI=1S/C15H21FN2O2/c1-2-3-6-9-17-15(20)11-18-14(19)10-12-7-4-5-8-13(12)16/h4-5,7-8H,2-3,6,9-11H2,1H3,(H,17,20)(H,18,19). The molecule has 0 fully saturated rings. The van der Waals surface area contributed by atoms with Gasteiger partial charge in [-0.2, -0.15) is 0 Å². The smallest absolute Gasteiger partial charge is 0.239 e. The van der Waals surface area contributed by atoms with Gasteiger partial charge in [0.05, 0.1) is 13.0 Å². The predicted octanol–water partition coefficient (Wildman–Crippen LogP) is 1.79. The van der Waals surface area contributed by atoms with E-state index in [9.17, 15) is 14.0 Å². The van der Waals surface area contributed by atoms with E-state index in [2.05, 4.69) is 17.6 Å². The summed E-state index contributed by atoms with van der Waals surface area (Å²) in [6.45, 7) is 2.64. The third kappa shape index (κ3) is 6.31. The van der Waals surface area contributed by atoms with Crippen LogP contribution in [-0.4, -0.2) is 24.9 Å². The van der Waals surface area contributed by atoms with Crippen LogP contribution in [-0.2, 0) is 16.0 Å². The van der Waals surface area contributed by atoms with Crippen LogP contribution in [0.25, 0.3) is 0 Å². The van der Waals surface area contributed by atoms with Crippen molar-refractivity contribution in [2.45, 2.75) is 32.6 Å². The lowest BCUT2D eigenvalue weighted by Crippen LogP contribution is -2.37. The SMILES string of the molecule is CCCCCNC(=O)CNC(=O)Cc1ccccc1F. The third-order valence-corrected chi connectivity index (χ3v) is 2.86. The van der Waals surface area contributed by atoms with E-state index in [-0.39, 0.29) is 24.8 Å². The van der Waals surface area contributed by atoms with Crippen molar-refractivity contribution in [3.63, 3.8) is 0 Å². The number of carbonyl (C=O) groups is 2. The summed E-state index contributed by atoms with van der Waals surface area (Å²) in [6, 6.07) is 6.11. The minimum absolute atomic E-state index is 0.0597. The molecule has 0 heterocycles. The van der Waals surface area contributed by atoms with Crippen LogP contribution in [0, 0.1) is 5.82 Å². The van der Waals surface area contributed by atoms with Gasteiger partial charge in [-0.25, -0.2) is 4.39 Å². The molecule has 0 aromatic heterocycles. The zero-order valence-corrected chi connectivity index (χ0v) is 11.7. The summed E-state index contributed by atoms with van der Waals surface area (Å²) in [4.78, 5) is 23.0. The van der Waals surface area contributed by atoms with E-state index < -0.39 is 5.82 Å². The number of benzene rings is 1. The maximum absolute atomic E-state index is 13.3. The van der Waals surface area contributed by atoms with Crippen molar-refractivity contribution in [2.24, 2.45) is 0 Å². The Labute approximate surface area is 118 Å². The number of rotatable bonds is 8. The molecule has 0 atom stereocenters. The molecular formula is C15H21FN2O2. The molecule has 4 nitrogen and oxygen atoms in total. The van der Waals surface area contributed by atoms with Gasteiger partial charge in [0.25, 0.3) is 0 Å². The Morgan fingerprint density at radius 3 is 2.55 bits per heavy atom. The number of hydrogen-bond donors (Lipinski definition) is 2. The Morgan fingerprint density at radius 2 is 1.85 bits per heavy atom. The average Bonchev–Trinajstić information content (AvgIpc) is 2.44. The minimum atomic E-state index is -0.410. The molecule has 1 aromatic carbocycles. The molecule has 5 heteroatoms. The molecule has 0 saturated carbocycles. The molecule has 0 aliphatic carbocycles. The fraction of sp³-hybridized carbons (Fsp3) is 0.467. The van der Waals surface area contributed by atoms with Gasteiger partial charge in [-0.3, -0.25) is 9.59 Å². The van der Waals surface area contributed by atoms with Crippen LogP contribution in [0.2, 0.25) is 0 Å². The van der Waals surface area contributed by atoms with Gasteiger partial charge in [0.15, 0.2) is 0 Å². The fourth-order valence-electron chi connectivity index (χ4n) is 1.72. The summed E-state index contributed by atoms with van der Waals surface area (Å²) < 4.78 is 13.3. The molecule has 0 aliphatic rings. The molecule has 20 heavy (non-hydrogen) atoms. The number of halogens is 1. The van der Waals surface area contributed by atoms with E-state index in [4.69, 9.17) is 0 Å². The van der Waals surface area contributed by atoms with Crippen molar-refractivity contribution in [1.82, 2.24) is 10.6 Å². The highest BCUT2D eigenvalue weighted by Crippen LogP contribution is 2.06. The third-order valence-electron chi connectivity index (χ3n) is 2.86. The predicted molar refractivity (Wildman–Crippen MR) is 75.6 cm³/mol.